The Hall–Kier alpha value is -3.25. The van der Waals surface area contributed by atoms with Crippen LogP contribution in [0.3, 0.4) is 0 Å². The van der Waals surface area contributed by atoms with Crippen LogP contribution in [0.5, 0.6) is 11.5 Å². The van der Waals surface area contributed by atoms with Crippen LogP contribution in [0.1, 0.15) is 27.7 Å². The Bertz CT molecular complexity index is 1230. The van der Waals surface area contributed by atoms with Crippen molar-refractivity contribution in [3.8, 4) is 11.5 Å². The monoisotopic (exact) mass is 626 g/mol. The molecule has 0 saturated heterocycles. The highest BCUT2D eigenvalue weighted by molar-refractivity contribution is 9.10. The molecule has 0 aromatic heterocycles. The van der Waals surface area contributed by atoms with Crippen LogP contribution in [-0.4, -0.2) is 21.9 Å². The van der Waals surface area contributed by atoms with Crippen LogP contribution in [0.2, 0.25) is 0 Å². The van der Waals surface area contributed by atoms with Gasteiger partial charge in [-0.15, -0.1) is 0 Å². The molecule has 0 saturated carbocycles. The second-order valence-electron chi connectivity index (χ2n) is 8.06. The third-order valence-corrected chi connectivity index (χ3v) is 5.61. The average Bonchev–Trinajstić information content (AvgIpc) is 2.78. The molecule has 0 aliphatic carbocycles. The van der Waals surface area contributed by atoms with Crippen LogP contribution in [0, 0.1) is 26.0 Å². The molecule has 0 bridgehead atoms. The van der Waals surface area contributed by atoms with Crippen LogP contribution in [0.4, 0.5) is 27.1 Å². The van der Waals surface area contributed by atoms with Gasteiger partial charge in [-0.1, -0.05) is 18.2 Å². The molecule has 0 atom stereocenters. The molecule has 192 valence electrons. The van der Waals surface area contributed by atoms with Crippen LogP contribution in [-0.2, 0) is 0 Å². The van der Waals surface area contributed by atoms with Gasteiger partial charge in [-0.3, -0.25) is 20.2 Å². The van der Waals surface area contributed by atoms with Gasteiger partial charge < -0.3 is 15.4 Å². The minimum atomic E-state index is -0.856. The SMILES string of the molecule is CC(C)Nc1ccc(Br)c(F)c1[N+](=O)[O-].CC(C)Nc1ccc(Br)c(Oc2ccccc2)c1[N+](=O)[O-]. The second kappa shape index (κ2) is 13.2. The van der Waals surface area contributed by atoms with Crippen molar-refractivity contribution in [1.29, 1.82) is 0 Å². The third kappa shape index (κ3) is 7.89. The minimum Gasteiger partial charge on any atom is -0.449 e. The fraction of sp³-hybridized carbons (Fsp3) is 0.250. The summed E-state index contributed by atoms with van der Waals surface area (Å²) >= 11 is 6.22. The quantitative estimate of drug-likeness (QED) is 0.190. The smallest absolute Gasteiger partial charge is 0.335 e. The summed E-state index contributed by atoms with van der Waals surface area (Å²) in [5.74, 6) is -0.120. The molecule has 2 N–H and O–H groups in total. The summed E-state index contributed by atoms with van der Waals surface area (Å²) in [6.07, 6.45) is 0. The Balaban J connectivity index is 0.000000269. The van der Waals surface area contributed by atoms with Gasteiger partial charge in [0.2, 0.25) is 11.6 Å². The van der Waals surface area contributed by atoms with E-state index < -0.39 is 21.4 Å². The highest BCUT2D eigenvalue weighted by Gasteiger charge is 2.25. The van der Waals surface area contributed by atoms with E-state index in [2.05, 4.69) is 42.5 Å². The first kappa shape index (κ1) is 29.0. The molecule has 9 nitrogen and oxygen atoms in total. The van der Waals surface area contributed by atoms with Crippen LogP contribution >= 0.6 is 31.9 Å². The van der Waals surface area contributed by atoms with Gasteiger partial charge in [0, 0.05) is 12.1 Å². The molecule has 0 heterocycles. The minimum absolute atomic E-state index is 0.00396. The van der Waals surface area contributed by atoms with Crippen molar-refractivity contribution in [1.82, 2.24) is 0 Å². The van der Waals surface area contributed by atoms with E-state index in [9.17, 15) is 24.6 Å². The van der Waals surface area contributed by atoms with Gasteiger partial charge in [0.25, 0.3) is 0 Å². The lowest BCUT2D eigenvalue weighted by molar-refractivity contribution is -0.386. The van der Waals surface area contributed by atoms with Gasteiger partial charge in [0.1, 0.15) is 17.1 Å². The summed E-state index contributed by atoms with van der Waals surface area (Å²) in [6, 6.07) is 15.4. The van der Waals surface area contributed by atoms with E-state index in [1.54, 1.807) is 24.3 Å². The van der Waals surface area contributed by atoms with Crippen LogP contribution < -0.4 is 15.4 Å². The van der Waals surface area contributed by atoms with E-state index in [-0.39, 0.29) is 33.7 Å². The number of benzene rings is 3. The third-order valence-electron chi connectivity index (χ3n) is 4.37. The molecule has 0 unspecified atom stereocenters. The Morgan fingerprint density at radius 2 is 1.25 bits per heavy atom. The lowest BCUT2D eigenvalue weighted by Crippen LogP contribution is -2.12. The molecule has 36 heavy (non-hydrogen) atoms. The summed E-state index contributed by atoms with van der Waals surface area (Å²) in [7, 11) is 0. The molecule has 0 aliphatic rings. The zero-order valence-corrected chi connectivity index (χ0v) is 23.1. The van der Waals surface area contributed by atoms with E-state index >= 15 is 0 Å². The molecular weight excluding hydrogens is 603 g/mol. The molecule has 3 aromatic carbocycles. The molecule has 3 rings (SSSR count). The number of nitrogens with one attached hydrogen (secondary N) is 2. The Morgan fingerprint density at radius 3 is 1.72 bits per heavy atom. The van der Waals surface area contributed by atoms with Crippen LogP contribution in [0.25, 0.3) is 0 Å². The summed E-state index contributed by atoms with van der Waals surface area (Å²) in [4.78, 5) is 20.9. The lowest BCUT2D eigenvalue weighted by atomic mass is 10.2. The van der Waals surface area contributed by atoms with Crippen LogP contribution in [0.15, 0.2) is 63.5 Å². The molecule has 12 heteroatoms. The Morgan fingerprint density at radius 1 is 0.778 bits per heavy atom. The number of rotatable bonds is 8. The topological polar surface area (TPSA) is 120 Å². The lowest BCUT2D eigenvalue weighted by Gasteiger charge is -2.14. The number of nitro benzene ring substituents is 2. The van der Waals surface area contributed by atoms with Crippen molar-refractivity contribution < 1.29 is 19.0 Å². The van der Waals surface area contributed by atoms with E-state index in [1.165, 1.54) is 12.1 Å². The first-order valence-electron chi connectivity index (χ1n) is 10.8. The average molecular weight is 628 g/mol. The van der Waals surface area contributed by atoms with Crippen molar-refractivity contribution in [2.75, 3.05) is 10.6 Å². The maximum Gasteiger partial charge on any atom is 0.335 e. The normalized spacial score (nSPS) is 10.5. The molecule has 0 fully saturated rings. The number of ether oxygens (including phenoxy) is 1. The van der Waals surface area contributed by atoms with E-state index in [0.29, 0.717) is 15.9 Å². The fourth-order valence-electron chi connectivity index (χ4n) is 3.00. The molecule has 3 aromatic rings. The molecular formula is C24H25Br2FN4O5. The van der Waals surface area contributed by atoms with Gasteiger partial charge in [0.15, 0.2) is 0 Å². The fourth-order valence-corrected chi connectivity index (χ4v) is 3.73. The highest BCUT2D eigenvalue weighted by atomic mass is 79.9. The number of hydrogen-bond acceptors (Lipinski definition) is 7. The number of anilines is 2. The van der Waals surface area contributed by atoms with Crippen molar-refractivity contribution in [2.45, 2.75) is 39.8 Å². The first-order chi connectivity index (χ1) is 16.9. The summed E-state index contributed by atoms with van der Waals surface area (Å²) in [5.41, 5.74) is 0.0137. The molecule has 0 aliphatic heterocycles. The van der Waals surface area contributed by atoms with Crippen molar-refractivity contribution in [3.63, 3.8) is 0 Å². The maximum atomic E-state index is 13.4. The summed E-state index contributed by atoms with van der Waals surface area (Å²) in [6.45, 7) is 7.49. The Kier molecular flexibility index (Phi) is 10.6. The number of nitrogens with zero attached hydrogens (tertiary/aromatic N) is 2. The van der Waals surface area contributed by atoms with E-state index in [0.717, 1.165) is 0 Å². The largest absolute Gasteiger partial charge is 0.449 e. The second-order valence-corrected chi connectivity index (χ2v) is 9.77. The van der Waals surface area contributed by atoms with Gasteiger partial charge in [0.05, 0.1) is 18.8 Å². The van der Waals surface area contributed by atoms with Crippen molar-refractivity contribution in [3.05, 3.63) is 89.6 Å². The molecule has 0 radical (unpaired) electrons. The summed E-state index contributed by atoms with van der Waals surface area (Å²) in [5, 5.41) is 28.0. The standard InChI is InChI=1S/C15H15BrN2O3.C9H10BrFN2O2/c1-10(2)17-13-9-8-12(16)15(14(13)18(19)20)21-11-6-4-3-5-7-11;1-5(2)12-7-4-3-6(10)8(11)9(7)13(14)15/h3-10,17H,1-2H3;3-5,12H,1-2H3. The van der Waals surface area contributed by atoms with E-state index in [1.807, 2.05) is 45.9 Å². The molecule has 0 amide bonds. The van der Waals surface area contributed by atoms with Crippen molar-refractivity contribution >= 4 is 54.6 Å². The number of para-hydroxylation sites is 1. The summed E-state index contributed by atoms with van der Waals surface area (Å²) < 4.78 is 19.8. The maximum absolute atomic E-state index is 13.4. The number of halogens is 3. The predicted octanol–water partition coefficient (Wildman–Crippen LogP) is 8.29. The first-order valence-corrected chi connectivity index (χ1v) is 12.4. The van der Waals surface area contributed by atoms with Gasteiger partial charge >= 0.3 is 11.4 Å². The molecule has 0 spiro atoms. The Labute approximate surface area is 224 Å². The number of nitro groups is 2. The van der Waals surface area contributed by atoms with Gasteiger partial charge in [-0.2, -0.15) is 4.39 Å². The zero-order chi connectivity index (χ0) is 27.0. The zero-order valence-electron chi connectivity index (χ0n) is 19.9. The predicted molar refractivity (Wildman–Crippen MR) is 146 cm³/mol. The highest BCUT2D eigenvalue weighted by Crippen LogP contribution is 2.43. The number of hydrogen-bond donors (Lipinski definition) is 2. The van der Waals surface area contributed by atoms with Gasteiger partial charge in [-0.25, -0.2) is 0 Å². The van der Waals surface area contributed by atoms with E-state index in [4.69, 9.17) is 4.74 Å². The van der Waals surface area contributed by atoms with Crippen molar-refractivity contribution in [2.24, 2.45) is 0 Å². The van der Waals surface area contributed by atoms with Gasteiger partial charge in [-0.05, 0) is 96.0 Å².